The van der Waals surface area contributed by atoms with Crippen LogP contribution in [0.3, 0.4) is 0 Å². The summed E-state index contributed by atoms with van der Waals surface area (Å²) in [6.45, 7) is 4.91. The van der Waals surface area contributed by atoms with Crippen LogP contribution in [0.5, 0.6) is 0 Å². The van der Waals surface area contributed by atoms with Crippen LogP contribution in [0.15, 0.2) is 0 Å². The van der Waals surface area contributed by atoms with E-state index in [1.807, 2.05) is 0 Å². The monoisotopic (exact) mass is 158 g/mol. The number of nitrogens with one attached hydrogen (secondary N) is 1. The molecule has 0 aliphatic rings. The number of amides is 1. The van der Waals surface area contributed by atoms with Crippen molar-refractivity contribution in [3.63, 3.8) is 0 Å². The molecule has 0 fully saturated rings. The number of hydrogen-bond acceptors (Lipinski definition) is 3. The van der Waals surface area contributed by atoms with Crippen LogP contribution < -0.4 is 11.1 Å². The Kier molecular flexibility index (Phi) is 3.19. The largest absolute Gasteiger partial charge is 0.369 e. The van der Waals surface area contributed by atoms with Gasteiger partial charge in [-0.2, -0.15) is 0 Å². The van der Waals surface area contributed by atoms with E-state index >= 15 is 0 Å². The van der Waals surface area contributed by atoms with Gasteiger partial charge in [-0.15, -0.1) is 0 Å². The molecule has 0 atom stereocenters. The standard InChI is InChI=1S/C7H14N2O2/c1-5(10)7(2,3)9-4-6(8)11/h9H,4H2,1-3H3,(H2,8,11). The second kappa shape index (κ2) is 3.48. The molecule has 0 unspecified atom stereocenters. The molecule has 0 rings (SSSR count). The fourth-order valence-electron chi connectivity index (χ4n) is 0.433. The summed E-state index contributed by atoms with van der Waals surface area (Å²) in [7, 11) is 0. The van der Waals surface area contributed by atoms with Crippen molar-refractivity contribution in [3.05, 3.63) is 0 Å². The molecule has 0 saturated heterocycles. The fraction of sp³-hybridized carbons (Fsp3) is 0.714. The van der Waals surface area contributed by atoms with Crippen molar-refractivity contribution >= 4 is 11.7 Å². The van der Waals surface area contributed by atoms with Crippen molar-refractivity contribution in [1.29, 1.82) is 0 Å². The molecular weight excluding hydrogens is 144 g/mol. The third kappa shape index (κ3) is 3.72. The molecule has 0 bridgehead atoms. The van der Waals surface area contributed by atoms with E-state index in [9.17, 15) is 9.59 Å². The first-order valence-electron chi connectivity index (χ1n) is 3.40. The third-order valence-electron chi connectivity index (χ3n) is 1.58. The molecule has 4 heteroatoms. The van der Waals surface area contributed by atoms with Gasteiger partial charge in [-0.1, -0.05) is 0 Å². The lowest BCUT2D eigenvalue weighted by Crippen LogP contribution is -2.48. The Balaban J connectivity index is 3.92. The zero-order valence-corrected chi connectivity index (χ0v) is 7.10. The summed E-state index contributed by atoms with van der Waals surface area (Å²) < 4.78 is 0. The Bertz CT molecular complexity index is 175. The average Bonchev–Trinajstić information content (AvgIpc) is 1.84. The molecule has 0 radical (unpaired) electrons. The summed E-state index contributed by atoms with van der Waals surface area (Å²) in [6, 6.07) is 0. The van der Waals surface area contributed by atoms with Crippen LogP contribution in [0.4, 0.5) is 0 Å². The normalized spacial score (nSPS) is 11.2. The highest BCUT2D eigenvalue weighted by atomic mass is 16.1. The predicted molar refractivity (Wildman–Crippen MR) is 42.0 cm³/mol. The molecule has 0 spiro atoms. The highest BCUT2D eigenvalue weighted by Gasteiger charge is 2.22. The number of ketones is 1. The lowest BCUT2D eigenvalue weighted by molar-refractivity contribution is -0.122. The maximum atomic E-state index is 10.9. The van der Waals surface area contributed by atoms with Gasteiger partial charge >= 0.3 is 0 Å². The zero-order chi connectivity index (χ0) is 9.07. The summed E-state index contributed by atoms with van der Waals surface area (Å²) in [4.78, 5) is 21.2. The second-order valence-corrected chi connectivity index (χ2v) is 3.00. The first-order valence-corrected chi connectivity index (χ1v) is 3.40. The summed E-state index contributed by atoms with van der Waals surface area (Å²) in [5.74, 6) is -0.474. The quantitative estimate of drug-likeness (QED) is 0.575. The summed E-state index contributed by atoms with van der Waals surface area (Å²) >= 11 is 0. The molecule has 0 saturated carbocycles. The highest BCUT2D eigenvalue weighted by molar-refractivity contribution is 5.86. The van der Waals surface area contributed by atoms with Gasteiger partial charge in [0.15, 0.2) is 0 Å². The maximum Gasteiger partial charge on any atom is 0.231 e. The van der Waals surface area contributed by atoms with Crippen LogP contribution in [0.2, 0.25) is 0 Å². The van der Waals surface area contributed by atoms with Gasteiger partial charge in [0.1, 0.15) is 5.78 Å². The van der Waals surface area contributed by atoms with E-state index in [-0.39, 0.29) is 12.3 Å². The molecule has 1 amide bonds. The lowest BCUT2D eigenvalue weighted by atomic mass is 10.0. The number of hydrogen-bond donors (Lipinski definition) is 2. The van der Waals surface area contributed by atoms with Gasteiger partial charge < -0.3 is 5.73 Å². The Morgan fingerprint density at radius 1 is 1.45 bits per heavy atom. The Hall–Kier alpha value is -0.900. The van der Waals surface area contributed by atoms with Gasteiger partial charge in [0.05, 0.1) is 12.1 Å². The maximum absolute atomic E-state index is 10.9. The topological polar surface area (TPSA) is 72.2 Å². The van der Waals surface area contributed by atoms with E-state index in [0.29, 0.717) is 0 Å². The van der Waals surface area contributed by atoms with Crippen molar-refractivity contribution in [2.24, 2.45) is 5.73 Å². The number of nitrogens with two attached hydrogens (primary N) is 1. The van der Waals surface area contributed by atoms with Gasteiger partial charge in [-0.05, 0) is 20.8 Å². The van der Waals surface area contributed by atoms with E-state index in [2.05, 4.69) is 5.32 Å². The van der Waals surface area contributed by atoms with Gasteiger partial charge in [0.2, 0.25) is 5.91 Å². The molecule has 0 aliphatic heterocycles. The minimum atomic E-state index is -0.658. The average molecular weight is 158 g/mol. The highest BCUT2D eigenvalue weighted by Crippen LogP contribution is 2.01. The van der Waals surface area contributed by atoms with Crippen LogP contribution >= 0.6 is 0 Å². The summed E-state index contributed by atoms with van der Waals surface area (Å²) in [5.41, 5.74) is 4.23. The van der Waals surface area contributed by atoms with Crippen molar-refractivity contribution in [2.45, 2.75) is 26.3 Å². The lowest BCUT2D eigenvalue weighted by Gasteiger charge is -2.21. The molecule has 0 aromatic carbocycles. The fourth-order valence-corrected chi connectivity index (χ4v) is 0.433. The van der Waals surface area contributed by atoms with E-state index in [1.165, 1.54) is 6.92 Å². The van der Waals surface area contributed by atoms with Crippen LogP contribution in [-0.2, 0) is 9.59 Å². The SMILES string of the molecule is CC(=O)C(C)(C)NCC(N)=O. The second-order valence-electron chi connectivity index (χ2n) is 3.00. The third-order valence-corrected chi connectivity index (χ3v) is 1.58. The first kappa shape index (κ1) is 10.1. The number of primary amides is 1. The van der Waals surface area contributed by atoms with Gasteiger partial charge in [-0.3, -0.25) is 14.9 Å². The Morgan fingerprint density at radius 3 is 2.18 bits per heavy atom. The van der Waals surface area contributed by atoms with E-state index < -0.39 is 11.4 Å². The van der Waals surface area contributed by atoms with Crippen molar-refractivity contribution in [1.82, 2.24) is 5.32 Å². The summed E-state index contributed by atoms with van der Waals surface area (Å²) in [5, 5.41) is 2.73. The molecule has 3 N–H and O–H groups in total. The Labute approximate surface area is 66.1 Å². The molecule has 11 heavy (non-hydrogen) atoms. The van der Waals surface area contributed by atoms with Crippen molar-refractivity contribution in [3.8, 4) is 0 Å². The van der Waals surface area contributed by atoms with Gasteiger partial charge in [-0.25, -0.2) is 0 Å². The van der Waals surface area contributed by atoms with Crippen LogP contribution in [0.25, 0.3) is 0 Å². The molecule has 0 aromatic heterocycles. The van der Waals surface area contributed by atoms with Crippen molar-refractivity contribution in [2.75, 3.05) is 6.54 Å². The van der Waals surface area contributed by atoms with Crippen molar-refractivity contribution < 1.29 is 9.59 Å². The molecule has 4 nitrogen and oxygen atoms in total. The zero-order valence-electron chi connectivity index (χ0n) is 7.10. The number of Topliss-reactive ketones (excluding diaryl/α,β-unsaturated/α-hetero) is 1. The molecule has 64 valence electrons. The minimum absolute atomic E-state index is 0.0150. The molecule has 0 aromatic rings. The molecule has 0 aliphatic carbocycles. The summed E-state index contributed by atoms with van der Waals surface area (Å²) in [6.07, 6.45) is 0. The van der Waals surface area contributed by atoms with E-state index in [1.54, 1.807) is 13.8 Å². The van der Waals surface area contributed by atoms with E-state index in [0.717, 1.165) is 0 Å². The Morgan fingerprint density at radius 2 is 1.91 bits per heavy atom. The van der Waals surface area contributed by atoms with Crippen LogP contribution in [0, 0.1) is 0 Å². The molecular formula is C7H14N2O2. The minimum Gasteiger partial charge on any atom is -0.369 e. The van der Waals surface area contributed by atoms with Crippen LogP contribution in [-0.4, -0.2) is 23.8 Å². The number of carbonyl (C=O) groups is 2. The van der Waals surface area contributed by atoms with E-state index in [4.69, 9.17) is 5.73 Å². The smallest absolute Gasteiger partial charge is 0.231 e. The number of rotatable bonds is 4. The van der Waals surface area contributed by atoms with Crippen LogP contribution in [0.1, 0.15) is 20.8 Å². The molecule has 0 heterocycles. The number of carbonyl (C=O) groups excluding carboxylic acids is 2. The van der Waals surface area contributed by atoms with Gasteiger partial charge in [0.25, 0.3) is 0 Å². The first-order chi connectivity index (χ1) is 4.86. The van der Waals surface area contributed by atoms with Gasteiger partial charge in [0, 0.05) is 0 Å². The predicted octanol–water partition coefficient (Wildman–Crippen LogP) is -0.571.